The first kappa shape index (κ1) is 19.8. The average Bonchev–Trinajstić information content (AvgIpc) is 2.81. The first-order valence-electron chi connectivity index (χ1n) is 9.63. The van der Waals surface area contributed by atoms with Crippen molar-refractivity contribution in [3.8, 4) is 22.3 Å². The summed E-state index contributed by atoms with van der Waals surface area (Å²) in [5.41, 5.74) is 4.47. The maximum atomic E-state index is 13.3. The van der Waals surface area contributed by atoms with E-state index in [1.807, 2.05) is 67.6 Å². The number of hydrogen-bond acceptors (Lipinski definition) is 4. The molecule has 0 unspecified atom stereocenters. The lowest BCUT2D eigenvalue weighted by molar-refractivity contribution is 0.592. The first-order valence-corrected chi connectivity index (χ1v) is 11.1. The van der Waals surface area contributed by atoms with E-state index in [1.165, 1.54) is 4.31 Å². The zero-order valence-corrected chi connectivity index (χ0v) is 17.3. The molecule has 0 N–H and O–H groups in total. The Hall–Kier alpha value is -3.51. The average molecular weight is 416 g/mol. The van der Waals surface area contributed by atoms with Crippen molar-refractivity contribution in [1.29, 1.82) is 0 Å². The van der Waals surface area contributed by atoms with Gasteiger partial charge in [-0.1, -0.05) is 36.4 Å². The van der Waals surface area contributed by atoms with E-state index in [2.05, 4.69) is 9.97 Å². The molecule has 0 bridgehead atoms. The summed E-state index contributed by atoms with van der Waals surface area (Å²) in [5, 5.41) is 0. The van der Waals surface area contributed by atoms with Gasteiger partial charge in [0.15, 0.2) is 0 Å². The number of benzene rings is 2. The van der Waals surface area contributed by atoms with Crippen LogP contribution in [0.25, 0.3) is 22.3 Å². The van der Waals surface area contributed by atoms with Crippen molar-refractivity contribution in [2.45, 2.75) is 11.8 Å². The molecule has 30 heavy (non-hydrogen) atoms. The number of sulfonamides is 1. The number of aromatic nitrogens is 2. The van der Waals surface area contributed by atoms with Crippen LogP contribution in [0.4, 0.5) is 5.69 Å². The summed E-state index contributed by atoms with van der Waals surface area (Å²) in [4.78, 5) is 8.50. The van der Waals surface area contributed by atoms with E-state index >= 15 is 0 Å². The van der Waals surface area contributed by atoms with Gasteiger partial charge in [0, 0.05) is 31.3 Å². The van der Waals surface area contributed by atoms with Gasteiger partial charge in [0.05, 0.1) is 10.6 Å². The maximum Gasteiger partial charge on any atom is 0.264 e. The Balaban J connectivity index is 1.62. The van der Waals surface area contributed by atoms with Crippen LogP contribution in [0.5, 0.6) is 0 Å². The molecular weight excluding hydrogens is 394 g/mol. The smallest absolute Gasteiger partial charge is 0.264 e. The van der Waals surface area contributed by atoms with Gasteiger partial charge in [-0.2, -0.15) is 0 Å². The highest BCUT2D eigenvalue weighted by molar-refractivity contribution is 7.92. The highest BCUT2D eigenvalue weighted by atomic mass is 32.2. The van der Waals surface area contributed by atoms with Gasteiger partial charge in [-0.05, 0) is 65.6 Å². The second kappa shape index (κ2) is 8.47. The molecule has 2 heterocycles. The third-order valence-electron chi connectivity index (χ3n) is 4.87. The minimum atomic E-state index is -3.68. The van der Waals surface area contributed by atoms with Crippen molar-refractivity contribution in [3.05, 3.63) is 97.6 Å². The van der Waals surface area contributed by atoms with Crippen LogP contribution >= 0.6 is 0 Å². The predicted octanol–water partition coefficient (Wildman–Crippen LogP) is 5.03. The van der Waals surface area contributed by atoms with Crippen molar-refractivity contribution in [2.24, 2.45) is 0 Å². The summed E-state index contributed by atoms with van der Waals surface area (Å²) in [6.45, 7) is 2.16. The fourth-order valence-corrected chi connectivity index (χ4v) is 4.80. The molecule has 0 aliphatic carbocycles. The molecule has 0 radical (unpaired) electrons. The lowest BCUT2D eigenvalue weighted by Gasteiger charge is -2.23. The van der Waals surface area contributed by atoms with E-state index in [1.54, 1.807) is 36.9 Å². The summed E-state index contributed by atoms with van der Waals surface area (Å²) in [7, 11) is -3.68. The van der Waals surface area contributed by atoms with Gasteiger partial charge < -0.3 is 0 Å². The molecule has 0 saturated carbocycles. The summed E-state index contributed by atoms with van der Waals surface area (Å²) in [6.07, 6.45) is 6.97. The number of anilines is 1. The van der Waals surface area contributed by atoms with Crippen molar-refractivity contribution in [3.63, 3.8) is 0 Å². The number of rotatable bonds is 6. The topological polar surface area (TPSA) is 63.2 Å². The standard InChI is InChI=1S/C24H21N3O2S/c1-2-27(23-11-7-19(8-12-23)21-5-3-15-25-17-21)30(28,29)24-13-9-20(10-14-24)22-6-4-16-26-18-22/h3-18H,2H2,1H3. The fraction of sp³-hybridized carbons (Fsp3) is 0.0833. The minimum Gasteiger partial charge on any atom is -0.267 e. The van der Waals surface area contributed by atoms with Crippen LogP contribution in [0, 0.1) is 0 Å². The molecule has 0 aliphatic heterocycles. The van der Waals surface area contributed by atoms with E-state index in [9.17, 15) is 8.42 Å². The largest absolute Gasteiger partial charge is 0.267 e. The van der Waals surface area contributed by atoms with Crippen molar-refractivity contribution >= 4 is 15.7 Å². The van der Waals surface area contributed by atoms with Crippen molar-refractivity contribution in [1.82, 2.24) is 9.97 Å². The van der Waals surface area contributed by atoms with Gasteiger partial charge in [-0.15, -0.1) is 0 Å². The molecule has 0 amide bonds. The Kier molecular flexibility index (Phi) is 5.59. The number of nitrogens with zero attached hydrogens (tertiary/aromatic N) is 3. The lowest BCUT2D eigenvalue weighted by atomic mass is 10.1. The van der Waals surface area contributed by atoms with Crippen LogP contribution in [0.15, 0.2) is 102 Å². The Morgan fingerprint density at radius 2 is 1.20 bits per heavy atom. The van der Waals surface area contributed by atoms with E-state index < -0.39 is 10.0 Å². The van der Waals surface area contributed by atoms with Crippen LogP contribution in [0.3, 0.4) is 0 Å². The highest BCUT2D eigenvalue weighted by Gasteiger charge is 2.23. The zero-order chi connectivity index (χ0) is 21.0. The normalized spacial score (nSPS) is 11.2. The van der Waals surface area contributed by atoms with Crippen LogP contribution in [0.2, 0.25) is 0 Å². The van der Waals surface area contributed by atoms with Crippen LogP contribution < -0.4 is 4.31 Å². The summed E-state index contributed by atoms with van der Waals surface area (Å²) >= 11 is 0. The van der Waals surface area contributed by atoms with Gasteiger partial charge >= 0.3 is 0 Å². The molecule has 2 aromatic heterocycles. The van der Waals surface area contributed by atoms with Crippen molar-refractivity contribution in [2.75, 3.05) is 10.8 Å². The second-order valence-electron chi connectivity index (χ2n) is 6.72. The third kappa shape index (κ3) is 3.95. The molecule has 5 nitrogen and oxygen atoms in total. The van der Waals surface area contributed by atoms with E-state index in [-0.39, 0.29) is 4.90 Å². The molecule has 2 aromatic carbocycles. The van der Waals surface area contributed by atoms with Gasteiger partial charge in [0.1, 0.15) is 0 Å². The molecule has 0 aliphatic rings. The van der Waals surface area contributed by atoms with Crippen LogP contribution in [-0.2, 0) is 10.0 Å². The molecule has 0 atom stereocenters. The third-order valence-corrected chi connectivity index (χ3v) is 6.79. The monoisotopic (exact) mass is 415 g/mol. The second-order valence-corrected chi connectivity index (χ2v) is 8.59. The van der Waals surface area contributed by atoms with Crippen LogP contribution in [0.1, 0.15) is 6.92 Å². The summed E-state index contributed by atoms with van der Waals surface area (Å²) in [5.74, 6) is 0. The first-order chi connectivity index (χ1) is 14.6. The molecule has 150 valence electrons. The molecule has 0 fully saturated rings. The summed E-state index contributed by atoms with van der Waals surface area (Å²) < 4.78 is 28.0. The van der Waals surface area contributed by atoms with Gasteiger partial charge in [-0.3, -0.25) is 14.3 Å². The van der Waals surface area contributed by atoms with Crippen molar-refractivity contribution < 1.29 is 8.42 Å². The molecule has 0 saturated heterocycles. The quantitative estimate of drug-likeness (QED) is 0.443. The number of pyridine rings is 2. The molecule has 0 spiro atoms. The van der Waals surface area contributed by atoms with Gasteiger partial charge in [0.2, 0.25) is 0 Å². The Labute approximate surface area is 176 Å². The molecular formula is C24H21N3O2S. The molecule has 4 aromatic rings. The maximum absolute atomic E-state index is 13.3. The molecule has 6 heteroatoms. The SMILES string of the molecule is CCN(c1ccc(-c2cccnc2)cc1)S(=O)(=O)c1ccc(-c2cccnc2)cc1. The Morgan fingerprint density at radius 3 is 1.63 bits per heavy atom. The zero-order valence-electron chi connectivity index (χ0n) is 16.5. The fourth-order valence-electron chi connectivity index (χ4n) is 3.33. The predicted molar refractivity (Wildman–Crippen MR) is 120 cm³/mol. The van der Waals surface area contributed by atoms with Crippen LogP contribution in [-0.4, -0.2) is 24.9 Å². The van der Waals surface area contributed by atoms with Gasteiger partial charge in [-0.25, -0.2) is 8.42 Å². The van der Waals surface area contributed by atoms with Gasteiger partial charge in [0.25, 0.3) is 10.0 Å². The van der Waals surface area contributed by atoms with E-state index in [0.717, 1.165) is 22.3 Å². The Morgan fingerprint density at radius 1 is 0.700 bits per heavy atom. The summed E-state index contributed by atoms with van der Waals surface area (Å²) in [6, 6.07) is 22.0. The number of hydrogen-bond donors (Lipinski definition) is 0. The minimum absolute atomic E-state index is 0.258. The lowest BCUT2D eigenvalue weighted by Crippen LogP contribution is -2.30. The Bertz CT molecular complexity index is 1210. The van der Waals surface area contributed by atoms with E-state index in [0.29, 0.717) is 12.2 Å². The van der Waals surface area contributed by atoms with E-state index in [4.69, 9.17) is 0 Å². The molecule has 4 rings (SSSR count). The highest BCUT2D eigenvalue weighted by Crippen LogP contribution is 2.28.